The van der Waals surface area contributed by atoms with Gasteiger partial charge >= 0.3 is 5.76 Å². The largest absolute Gasteiger partial charge is 0.420 e. The highest BCUT2D eigenvalue weighted by molar-refractivity contribution is 5.78. The first kappa shape index (κ1) is 11.4. The van der Waals surface area contributed by atoms with Gasteiger partial charge in [-0.3, -0.25) is 9.36 Å². The van der Waals surface area contributed by atoms with E-state index in [0.717, 1.165) is 5.56 Å². The third-order valence-electron chi connectivity index (χ3n) is 2.67. The lowest BCUT2D eigenvalue weighted by atomic mass is 10.0. The number of primary amides is 1. The molecule has 0 atom stereocenters. The molecule has 0 saturated heterocycles. The van der Waals surface area contributed by atoms with Crippen molar-refractivity contribution in [1.29, 1.82) is 0 Å². The lowest BCUT2D eigenvalue weighted by Gasteiger charge is -2.04. The highest BCUT2D eigenvalue weighted by atomic mass is 16.4. The van der Waals surface area contributed by atoms with E-state index in [9.17, 15) is 9.59 Å². The summed E-state index contributed by atoms with van der Waals surface area (Å²) in [6.07, 6.45) is 0. The summed E-state index contributed by atoms with van der Waals surface area (Å²) in [5.41, 5.74) is 7.25. The van der Waals surface area contributed by atoms with Gasteiger partial charge in [0, 0.05) is 0 Å². The Hall–Kier alpha value is -2.04. The summed E-state index contributed by atoms with van der Waals surface area (Å²) in [5, 5.41) is 0. The van der Waals surface area contributed by atoms with Crippen LogP contribution >= 0.6 is 0 Å². The van der Waals surface area contributed by atoms with E-state index in [0.29, 0.717) is 17.0 Å². The minimum absolute atomic E-state index is 0.160. The molecule has 17 heavy (non-hydrogen) atoms. The number of aromatic nitrogens is 1. The Morgan fingerprint density at radius 3 is 2.76 bits per heavy atom. The highest BCUT2D eigenvalue weighted by Crippen LogP contribution is 2.20. The maximum absolute atomic E-state index is 11.5. The van der Waals surface area contributed by atoms with Crippen LogP contribution < -0.4 is 11.5 Å². The lowest BCUT2D eigenvalue weighted by Crippen LogP contribution is -2.24. The zero-order chi connectivity index (χ0) is 12.6. The van der Waals surface area contributed by atoms with Crippen molar-refractivity contribution in [1.82, 2.24) is 4.57 Å². The summed E-state index contributed by atoms with van der Waals surface area (Å²) in [4.78, 5) is 22.4. The molecule has 0 aliphatic carbocycles. The molecule has 2 aromatic rings. The monoisotopic (exact) mass is 234 g/mol. The molecule has 0 unspecified atom stereocenters. The van der Waals surface area contributed by atoms with Crippen LogP contribution in [0.25, 0.3) is 11.1 Å². The molecule has 5 nitrogen and oxygen atoms in total. The van der Waals surface area contributed by atoms with Gasteiger partial charge in [0.1, 0.15) is 6.54 Å². The van der Waals surface area contributed by atoms with E-state index in [-0.39, 0.29) is 6.54 Å². The Morgan fingerprint density at radius 2 is 2.18 bits per heavy atom. The van der Waals surface area contributed by atoms with E-state index in [1.54, 1.807) is 6.07 Å². The Bertz CT molecular complexity index is 622. The van der Waals surface area contributed by atoms with E-state index in [1.165, 1.54) is 4.57 Å². The van der Waals surface area contributed by atoms with E-state index in [4.69, 9.17) is 10.2 Å². The van der Waals surface area contributed by atoms with Crippen molar-refractivity contribution in [2.45, 2.75) is 26.3 Å². The van der Waals surface area contributed by atoms with Crippen LogP contribution in [0.4, 0.5) is 0 Å². The molecule has 0 fully saturated rings. The predicted octanol–water partition coefficient (Wildman–Crippen LogP) is 1.20. The van der Waals surface area contributed by atoms with E-state index >= 15 is 0 Å². The van der Waals surface area contributed by atoms with Crippen molar-refractivity contribution < 1.29 is 9.21 Å². The van der Waals surface area contributed by atoms with Crippen LogP contribution in [0.5, 0.6) is 0 Å². The first-order valence-electron chi connectivity index (χ1n) is 5.40. The lowest BCUT2D eigenvalue weighted by molar-refractivity contribution is -0.118. The minimum atomic E-state index is -0.567. The van der Waals surface area contributed by atoms with Gasteiger partial charge in [-0.2, -0.15) is 0 Å². The molecule has 1 aromatic heterocycles. The molecular formula is C12H14N2O3. The zero-order valence-electron chi connectivity index (χ0n) is 9.77. The zero-order valence-corrected chi connectivity index (χ0v) is 9.77. The summed E-state index contributed by atoms with van der Waals surface area (Å²) in [5.74, 6) is -0.772. The van der Waals surface area contributed by atoms with Gasteiger partial charge in [-0.15, -0.1) is 0 Å². The molecule has 2 rings (SSSR count). The number of fused-ring (bicyclic) bond motifs is 1. The van der Waals surface area contributed by atoms with Gasteiger partial charge in [-0.25, -0.2) is 4.79 Å². The van der Waals surface area contributed by atoms with Gasteiger partial charge in [0.15, 0.2) is 5.58 Å². The Balaban J connectivity index is 2.60. The number of hydrogen-bond donors (Lipinski definition) is 1. The van der Waals surface area contributed by atoms with Crippen LogP contribution in [-0.4, -0.2) is 10.5 Å². The number of nitrogens with two attached hydrogens (primary N) is 1. The summed E-state index contributed by atoms with van der Waals surface area (Å²) in [6.45, 7) is 3.95. The number of amides is 1. The number of carbonyl (C=O) groups is 1. The molecule has 0 aliphatic rings. The normalized spacial score (nSPS) is 11.2. The molecular weight excluding hydrogens is 220 g/mol. The third-order valence-corrected chi connectivity index (χ3v) is 2.67. The molecule has 1 aromatic carbocycles. The predicted molar refractivity (Wildman–Crippen MR) is 63.8 cm³/mol. The number of rotatable bonds is 3. The number of oxazole rings is 1. The van der Waals surface area contributed by atoms with Crippen molar-refractivity contribution in [3.63, 3.8) is 0 Å². The van der Waals surface area contributed by atoms with Crippen molar-refractivity contribution in [3.8, 4) is 0 Å². The van der Waals surface area contributed by atoms with E-state index in [1.807, 2.05) is 12.1 Å². The van der Waals surface area contributed by atoms with Gasteiger partial charge in [-0.05, 0) is 23.6 Å². The Morgan fingerprint density at radius 1 is 1.47 bits per heavy atom. The van der Waals surface area contributed by atoms with Crippen molar-refractivity contribution in [2.24, 2.45) is 5.73 Å². The van der Waals surface area contributed by atoms with Crippen LogP contribution in [-0.2, 0) is 11.3 Å². The molecule has 0 bridgehead atoms. The average molecular weight is 234 g/mol. The van der Waals surface area contributed by atoms with E-state index < -0.39 is 11.7 Å². The fraction of sp³-hybridized carbons (Fsp3) is 0.333. The topological polar surface area (TPSA) is 78.2 Å². The quantitative estimate of drug-likeness (QED) is 0.866. The summed E-state index contributed by atoms with van der Waals surface area (Å²) in [6, 6.07) is 5.51. The Labute approximate surface area is 97.8 Å². The number of hydrogen-bond acceptors (Lipinski definition) is 3. The molecule has 0 saturated carbocycles. The maximum atomic E-state index is 11.5. The van der Waals surface area contributed by atoms with Crippen molar-refractivity contribution >= 4 is 17.0 Å². The third kappa shape index (κ3) is 2.08. The van der Waals surface area contributed by atoms with Crippen LogP contribution in [0.15, 0.2) is 27.4 Å². The number of carbonyl (C=O) groups excluding carboxylic acids is 1. The smallest absolute Gasteiger partial charge is 0.408 e. The molecule has 2 N–H and O–H groups in total. The summed E-state index contributed by atoms with van der Waals surface area (Å²) in [7, 11) is 0. The first-order chi connectivity index (χ1) is 7.99. The molecule has 90 valence electrons. The molecule has 1 amide bonds. The van der Waals surface area contributed by atoms with Gasteiger partial charge in [0.2, 0.25) is 5.91 Å². The fourth-order valence-electron chi connectivity index (χ4n) is 1.75. The van der Waals surface area contributed by atoms with E-state index in [2.05, 4.69) is 13.8 Å². The van der Waals surface area contributed by atoms with Crippen molar-refractivity contribution in [2.75, 3.05) is 0 Å². The molecule has 0 aliphatic heterocycles. The second-order valence-corrected chi connectivity index (χ2v) is 4.30. The standard InChI is InChI=1S/C12H14N2O3/c1-7(2)8-3-4-9-10(5-8)17-12(16)14(9)6-11(13)15/h3-5,7H,6H2,1-2H3,(H2,13,15). The second kappa shape index (κ2) is 4.08. The SMILES string of the molecule is CC(C)c1ccc2c(c1)oc(=O)n2CC(N)=O. The maximum Gasteiger partial charge on any atom is 0.420 e. The fourth-order valence-corrected chi connectivity index (χ4v) is 1.75. The van der Waals surface area contributed by atoms with Crippen molar-refractivity contribution in [3.05, 3.63) is 34.3 Å². The Kier molecular flexibility index (Phi) is 2.75. The summed E-state index contributed by atoms with van der Waals surface area (Å²) >= 11 is 0. The number of nitrogens with zero attached hydrogens (tertiary/aromatic N) is 1. The van der Waals surface area contributed by atoms with Crippen LogP contribution in [0.2, 0.25) is 0 Å². The van der Waals surface area contributed by atoms with Crippen LogP contribution in [0.3, 0.4) is 0 Å². The highest BCUT2D eigenvalue weighted by Gasteiger charge is 2.12. The van der Waals surface area contributed by atoms with Gasteiger partial charge in [-0.1, -0.05) is 19.9 Å². The first-order valence-corrected chi connectivity index (χ1v) is 5.40. The van der Waals surface area contributed by atoms with Crippen LogP contribution in [0, 0.1) is 0 Å². The minimum Gasteiger partial charge on any atom is -0.408 e. The number of benzene rings is 1. The molecule has 5 heteroatoms. The molecule has 0 spiro atoms. The van der Waals surface area contributed by atoms with Gasteiger partial charge in [0.25, 0.3) is 0 Å². The van der Waals surface area contributed by atoms with Gasteiger partial charge < -0.3 is 10.2 Å². The average Bonchev–Trinajstić information content (AvgIpc) is 2.54. The molecule has 0 radical (unpaired) electrons. The second-order valence-electron chi connectivity index (χ2n) is 4.30. The molecule has 1 heterocycles. The van der Waals surface area contributed by atoms with Gasteiger partial charge in [0.05, 0.1) is 5.52 Å². The summed E-state index contributed by atoms with van der Waals surface area (Å²) < 4.78 is 6.33. The van der Waals surface area contributed by atoms with Crippen LogP contribution in [0.1, 0.15) is 25.3 Å².